The molecule has 1 amide bonds. The van der Waals surface area contributed by atoms with Crippen LogP contribution in [0, 0.1) is 5.41 Å². The summed E-state index contributed by atoms with van der Waals surface area (Å²) in [5.41, 5.74) is 2.78. The summed E-state index contributed by atoms with van der Waals surface area (Å²) < 4.78 is 0. The molecular weight excluding hydrogens is 298 g/mol. The summed E-state index contributed by atoms with van der Waals surface area (Å²) in [6.45, 7) is 9.60. The first-order valence-electron chi connectivity index (χ1n) is 9.20. The van der Waals surface area contributed by atoms with Gasteiger partial charge in [0, 0.05) is 19.6 Å². The van der Waals surface area contributed by atoms with Crippen LogP contribution in [-0.2, 0) is 17.8 Å². The average molecular weight is 332 g/mol. The molecule has 134 valence electrons. The molecule has 24 heavy (non-hydrogen) atoms. The van der Waals surface area contributed by atoms with Crippen molar-refractivity contribution in [1.29, 1.82) is 0 Å². The Kier molecular flexibility index (Phi) is 7.25. The van der Waals surface area contributed by atoms with Gasteiger partial charge in [-0.3, -0.25) is 4.79 Å². The molecule has 1 heterocycles. The highest BCUT2D eigenvalue weighted by Gasteiger charge is 2.22. The number of hydrogen-bond donors (Lipinski definition) is 2. The van der Waals surface area contributed by atoms with E-state index >= 15 is 0 Å². The molecule has 0 atom stereocenters. The van der Waals surface area contributed by atoms with E-state index in [-0.39, 0.29) is 5.91 Å². The first kappa shape index (κ1) is 18.9. The second kappa shape index (κ2) is 9.19. The number of carbonyl (C=O) groups is 1. The van der Waals surface area contributed by atoms with Gasteiger partial charge in [0.2, 0.25) is 5.91 Å². The molecule has 4 heteroatoms. The normalized spacial score (nSPS) is 18.1. The number of likely N-dealkylation sites (tertiary alicyclic amines) is 1. The van der Waals surface area contributed by atoms with Crippen molar-refractivity contribution < 1.29 is 4.79 Å². The van der Waals surface area contributed by atoms with Crippen LogP contribution >= 0.6 is 0 Å². The van der Waals surface area contributed by atoms with Gasteiger partial charge in [-0.15, -0.1) is 0 Å². The van der Waals surface area contributed by atoms with E-state index in [4.69, 9.17) is 0 Å². The Bertz CT molecular complexity index is 510. The van der Waals surface area contributed by atoms with E-state index < -0.39 is 0 Å². The van der Waals surface area contributed by atoms with Gasteiger partial charge in [-0.1, -0.05) is 38.1 Å². The van der Waals surface area contributed by atoms with Crippen LogP contribution < -0.4 is 10.6 Å². The van der Waals surface area contributed by atoms with E-state index in [1.54, 1.807) is 0 Å². The Hall–Kier alpha value is -1.39. The monoisotopic (exact) mass is 331 g/mol. The van der Waals surface area contributed by atoms with Crippen molar-refractivity contribution in [3.05, 3.63) is 35.4 Å². The van der Waals surface area contributed by atoms with Gasteiger partial charge in [0.25, 0.3) is 0 Å². The third kappa shape index (κ3) is 6.62. The second-order valence-electron chi connectivity index (χ2n) is 7.73. The summed E-state index contributed by atoms with van der Waals surface area (Å²) in [5.74, 6) is 0.117. The standard InChI is InChI=1S/C20H33N3O/c1-20(2)9-4-12-23(13-10-20)14-11-22-19(24)15-17-5-7-18(8-6-17)16-21-3/h5-8,21H,4,9-16H2,1-3H3,(H,22,24). The lowest BCUT2D eigenvalue weighted by atomic mass is 9.85. The topological polar surface area (TPSA) is 44.4 Å². The first-order valence-corrected chi connectivity index (χ1v) is 9.20. The zero-order valence-corrected chi connectivity index (χ0v) is 15.5. The molecule has 0 aliphatic carbocycles. The number of nitrogens with one attached hydrogen (secondary N) is 2. The third-order valence-electron chi connectivity index (χ3n) is 4.95. The van der Waals surface area contributed by atoms with Gasteiger partial charge >= 0.3 is 0 Å². The van der Waals surface area contributed by atoms with Crippen LogP contribution in [0.3, 0.4) is 0 Å². The van der Waals surface area contributed by atoms with Gasteiger partial charge in [0.05, 0.1) is 6.42 Å². The maximum absolute atomic E-state index is 12.1. The van der Waals surface area contributed by atoms with Gasteiger partial charge in [-0.2, -0.15) is 0 Å². The number of rotatable bonds is 7. The number of carbonyl (C=O) groups excluding carboxylic acids is 1. The lowest BCUT2D eigenvalue weighted by Gasteiger charge is -2.23. The zero-order valence-electron chi connectivity index (χ0n) is 15.5. The Morgan fingerprint density at radius 2 is 1.83 bits per heavy atom. The van der Waals surface area contributed by atoms with E-state index in [1.165, 1.54) is 24.8 Å². The summed E-state index contributed by atoms with van der Waals surface area (Å²) in [7, 11) is 1.94. The first-order chi connectivity index (χ1) is 11.5. The van der Waals surface area contributed by atoms with Crippen molar-refractivity contribution in [1.82, 2.24) is 15.5 Å². The van der Waals surface area contributed by atoms with E-state index in [0.717, 1.165) is 38.3 Å². The quantitative estimate of drug-likeness (QED) is 0.807. The molecule has 0 radical (unpaired) electrons. The number of amides is 1. The SMILES string of the molecule is CNCc1ccc(CC(=O)NCCN2CCCC(C)(C)CC2)cc1. The molecule has 1 aliphatic rings. The molecule has 0 bridgehead atoms. The minimum absolute atomic E-state index is 0.117. The van der Waals surface area contributed by atoms with E-state index in [1.807, 2.05) is 19.2 Å². The van der Waals surface area contributed by atoms with Crippen LogP contribution in [0.1, 0.15) is 44.2 Å². The molecule has 1 saturated heterocycles. The van der Waals surface area contributed by atoms with Gasteiger partial charge < -0.3 is 15.5 Å². The molecule has 2 N–H and O–H groups in total. The van der Waals surface area contributed by atoms with Gasteiger partial charge in [0.1, 0.15) is 0 Å². The maximum Gasteiger partial charge on any atom is 0.224 e. The Labute approximate surface area is 147 Å². The third-order valence-corrected chi connectivity index (χ3v) is 4.95. The predicted octanol–water partition coefficient (Wildman–Crippen LogP) is 2.58. The molecule has 0 saturated carbocycles. The lowest BCUT2D eigenvalue weighted by Crippen LogP contribution is -2.36. The number of hydrogen-bond acceptors (Lipinski definition) is 3. The smallest absolute Gasteiger partial charge is 0.224 e. The summed E-state index contributed by atoms with van der Waals surface area (Å²) >= 11 is 0. The maximum atomic E-state index is 12.1. The van der Waals surface area contributed by atoms with Crippen LogP contribution in [0.2, 0.25) is 0 Å². The molecule has 0 unspecified atom stereocenters. The van der Waals surface area contributed by atoms with Crippen molar-refractivity contribution in [3.8, 4) is 0 Å². The van der Waals surface area contributed by atoms with Crippen molar-refractivity contribution in [2.45, 2.75) is 46.1 Å². The fraction of sp³-hybridized carbons (Fsp3) is 0.650. The number of nitrogens with zero attached hydrogens (tertiary/aromatic N) is 1. The molecular formula is C20H33N3O. The van der Waals surface area contributed by atoms with Crippen molar-refractivity contribution in [2.24, 2.45) is 5.41 Å². The second-order valence-corrected chi connectivity index (χ2v) is 7.73. The molecule has 0 spiro atoms. The number of benzene rings is 1. The lowest BCUT2D eigenvalue weighted by molar-refractivity contribution is -0.120. The van der Waals surface area contributed by atoms with E-state index in [2.05, 4.69) is 41.5 Å². The fourth-order valence-corrected chi connectivity index (χ4v) is 3.28. The van der Waals surface area contributed by atoms with Crippen molar-refractivity contribution in [2.75, 3.05) is 33.2 Å². The molecule has 4 nitrogen and oxygen atoms in total. The largest absolute Gasteiger partial charge is 0.355 e. The Morgan fingerprint density at radius 1 is 1.12 bits per heavy atom. The van der Waals surface area contributed by atoms with Crippen molar-refractivity contribution >= 4 is 5.91 Å². The highest BCUT2D eigenvalue weighted by molar-refractivity contribution is 5.78. The van der Waals surface area contributed by atoms with Gasteiger partial charge in [-0.05, 0) is 55.9 Å². The predicted molar refractivity (Wildman–Crippen MR) is 100.0 cm³/mol. The molecule has 2 rings (SSSR count). The minimum Gasteiger partial charge on any atom is -0.355 e. The van der Waals surface area contributed by atoms with Gasteiger partial charge in [-0.25, -0.2) is 0 Å². The zero-order chi connectivity index (χ0) is 17.4. The Balaban J connectivity index is 1.67. The van der Waals surface area contributed by atoms with E-state index in [0.29, 0.717) is 11.8 Å². The molecule has 1 aromatic rings. The van der Waals surface area contributed by atoms with Crippen LogP contribution in [-0.4, -0.2) is 44.0 Å². The van der Waals surface area contributed by atoms with Crippen LogP contribution in [0.5, 0.6) is 0 Å². The highest BCUT2D eigenvalue weighted by atomic mass is 16.1. The summed E-state index contributed by atoms with van der Waals surface area (Å²) in [6, 6.07) is 8.25. The minimum atomic E-state index is 0.117. The van der Waals surface area contributed by atoms with Crippen LogP contribution in [0.4, 0.5) is 0 Å². The molecule has 0 aromatic heterocycles. The highest BCUT2D eigenvalue weighted by Crippen LogP contribution is 2.29. The average Bonchev–Trinajstić information content (AvgIpc) is 2.70. The van der Waals surface area contributed by atoms with Crippen molar-refractivity contribution in [3.63, 3.8) is 0 Å². The Morgan fingerprint density at radius 3 is 2.54 bits per heavy atom. The molecule has 1 aliphatic heterocycles. The summed E-state index contributed by atoms with van der Waals surface area (Å²) in [6.07, 6.45) is 4.28. The van der Waals surface area contributed by atoms with Gasteiger partial charge in [0.15, 0.2) is 0 Å². The summed E-state index contributed by atoms with van der Waals surface area (Å²) in [4.78, 5) is 14.6. The van der Waals surface area contributed by atoms with E-state index in [9.17, 15) is 4.79 Å². The molecule has 1 fully saturated rings. The van der Waals surface area contributed by atoms with Crippen LogP contribution in [0.25, 0.3) is 0 Å². The van der Waals surface area contributed by atoms with Crippen LogP contribution in [0.15, 0.2) is 24.3 Å². The molecule has 1 aromatic carbocycles. The fourth-order valence-electron chi connectivity index (χ4n) is 3.28. The summed E-state index contributed by atoms with van der Waals surface area (Å²) in [5, 5.41) is 6.20.